The molecule has 0 bridgehead atoms. The highest BCUT2D eigenvalue weighted by Gasteiger charge is 2.37. The molecule has 2 rings (SSSR count). The molecule has 1 saturated heterocycles. The van der Waals surface area contributed by atoms with E-state index in [2.05, 4.69) is 43.5 Å². The summed E-state index contributed by atoms with van der Waals surface area (Å²) in [5.41, 5.74) is 4.35. The van der Waals surface area contributed by atoms with E-state index in [0.717, 1.165) is 19.6 Å². The molecule has 2 atom stereocenters. The van der Waals surface area contributed by atoms with Crippen molar-refractivity contribution in [2.24, 2.45) is 11.8 Å². The second-order valence-electron chi connectivity index (χ2n) is 5.71. The summed E-state index contributed by atoms with van der Waals surface area (Å²) in [6.07, 6.45) is 2.32. The van der Waals surface area contributed by atoms with Crippen LogP contribution in [0.5, 0.6) is 0 Å². The van der Waals surface area contributed by atoms with Crippen LogP contribution in [0.25, 0.3) is 0 Å². The molecule has 0 amide bonds. The van der Waals surface area contributed by atoms with Crippen LogP contribution in [0.3, 0.4) is 0 Å². The van der Waals surface area contributed by atoms with Gasteiger partial charge in [0.25, 0.3) is 0 Å². The minimum atomic E-state index is 0.00137. The number of nitrogens with one attached hydrogen (secondary N) is 1. The fourth-order valence-electron chi connectivity index (χ4n) is 3.01. The molecule has 0 saturated carbocycles. The molecule has 0 spiro atoms. The second-order valence-corrected chi connectivity index (χ2v) is 5.71. The maximum atomic E-state index is 5.82. The lowest BCUT2D eigenvalue weighted by atomic mass is 9.71. The van der Waals surface area contributed by atoms with Crippen molar-refractivity contribution in [3.05, 3.63) is 35.9 Å². The largest absolute Gasteiger partial charge is 0.381 e. The molecule has 1 heterocycles. The van der Waals surface area contributed by atoms with E-state index >= 15 is 0 Å². The standard InChI is InChI=1S/C15H24N2O/c1-15(2,13-8-4-3-5-9-13)14(17-16)12-7-6-10-18-11-12/h3-5,8-9,12,14,17H,6-7,10-11,16H2,1-2H3. The molecule has 0 aliphatic carbocycles. The Labute approximate surface area is 110 Å². The molecule has 1 fully saturated rings. The van der Waals surface area contributed by atoms with Crippen molar-refractivity contribution in [1.82, 2.24) is 5.43 Å². The Balaban J connectivity index is 2.19. The third kappa shape index (κ3) is 2.74. The molecule has 100 valence electrons. The van der Waals surface area contributed by atoms with Gasteiger partial charge in [0.2, 0.25) is 0 Å². The minimum Gasteiger partial charge on any atom is -0.381 e. The molecule has 3 nitrogen and oxygen atoms in total. The summed E-state index contributed by atoms with van der Waals surface area (Å²) in [5, 5.41) is 0. The van der Waals surface area contributed by atoms with Gasteiger partial charge in [-0.05, 0) is 24.3 Å². The highest BCUT2D eigenvalue weighted by Crippen LogP contribution is 2.33. The smallest absolute Gasteiger partial charge is 0.0510 e. The van der Waals surface area contributed by atoms with E-state index in [9.17, 15) is 0 Å². The van der Waals surface area contributed by atoms with Gasteiger partial charge in [0.15, 0.2) is 0 Å². The summed E-state index contributed by atoms with van der Waals surface area (Å²) in [4.78, 5) is 0. The number of rotatable bonds is 4. The highest BCUT2D eigenvalue weighted by molar-refractivity contribution is 5.26. The normalized spacial score (nSPS) is 22.7. The molecule has 1 aromatic rings. The highest BCUT2D eigenvalue weighted by atomic mass is 16.5. The van der Waals surface area contributed by atoms with E-state index in [0.29, 0.717) is 5.92 Å². The fourth-order valence-corrected chi connectivity index (χ4v) is 3.01. The van der Waals surface area contributed by atoms with Gasteiger partial charge in [-0.1, -0.05) is 44.2 Å². The monoisotopic (exact) mass is 248 g/mol. The average molecular weight is 248 g/mol. The van der Waals surface area contributed by atoms with Crippen LogP contribution in [0.1, 0.15) is 32.3 Å². The van der Waals surface area contributed by atoms with Crippen LogP contribution in [0.4, 0.5) is 0 Å². The predicted octanol–water partition coefficient (Wildman–Crippen LogP) is 2.22. The third-order valence-electron chi connectivity index (χ3n) is 4.14. The zero-order chi connectivity index (χ0) is 13.0. The first-order valence-corrected chi connectivity index (χ1v) is 6.75. The number of ether oxygens (including phenoxy) is 1. The minimum absolute atomic E-state index is 0.00137. The summed E-state index contributed by atoms with van der Waals surface area (Å²) in [7, 11) is 0. The van der Waals surface area contributed by atoms with Crippen LogP contribution < -0.4 is 11.3 Å². The van der Waals surface area contributed by atoms with Crippen molar-refractivity contribution in [3.8, 4) is 0 Å². The first kappa shape index (κ1) is 13.5. The number of hydrogen-bond acceptors (Lipinski definition) is 3. The Morgan fingerprint density at radius 3 is 2.61 bits per heavy atom. The molecule has 1 aliphatic heterocycles. The number of nitrogens with two attached hydrogens (primary N) is 1. The molecule has 1 aromatic carbocycles. The lowest BCUT2D eigenvalue weighted by molar-refractivity contribution is 0.0268. The lowest BCUT2D eigenvalue weighted by Gasteiger charge is -2.41. The van der Waals surface area contributed by atoms with Crippen molar-refractivity contribution in [2.75, 3.05) is 13.2 Å². The summed E-state index contributed by atoms with van der Waals surface area (Å²) < 4.78 is 5.60. The fraction of sp³-hybridized carbons (Fsp3) is 0.600. The maximum Gasteiger partial charge on any atom is 0.0510 e. The van der Waals surface area contributed by atoms with Crippen molar-refractivity contribution in [1.29, 1.82) is 0 Å². The van der Waals surface area contributed by atoms with Gasteiger partial charge in [-0.3, -0.25) is 11.3 Å². The third-order valence-corrected chi connectivity index (χ3v) is 4.14. The zero-order valence-electron chi connectivity index (χ0n) is 11.4. The van der Waals surface area contributed by atoms with Gasteiger partial charge in [-0.25, -0.2) is 0 Å². The van der Waals surface area contributed by atoms with Gasteiger partial charge < -0.3 is 4.74 Å². The van der Waals surface area contributed by atoms with E-state index in [-0.39, 0.29) is 11.5 Å². The Morgan fingerprint density at radius 1 is 1.33 bits per heavy atom. The molecule has 3 heteroatoms. The van der Waals surface area contributed by atoms with Gasteiger partial charge in [0, 0.05) is 18.1 Å². The SMILES string of the molecule is CC(C)(c1ccccc1)C(NN)C1CCCOC1. The van der Waals surface area contributed by atoms with Crippen molar-refractivity contribution >= 4 is 0 Å². The number of hydrazine groups is 1. The van der Waals surface area contributed by atoms with Crippen LogP contribution in [0.15, 0.2) is 30.3 Å². The molecule has 3 N–H and O–H groups in total. The summed E-state index contributed by atoms with van der Waals surface area (Å²) in [5.74, 6) is 6.31. The molecular formula is C15H24N2O. The molecule has 2 unspecified atom stereocenters. The van der Waals surface area contributed by atoms with Crippen molar-refractivity contribution in [3.63, 3.8) is 0 Å². The molecular weight excluding hydrogens is 224 g/mol. The van der Waals surface area contributed by atoms with E-state index in [1.165, 1.54) is 12.0 Å². The van der Waals surface area contributed by atoms with Crippen LogP contribution in [0, 0.1) is 5.92 Å². The van der Waals surface area contributed by atoms with Gasteiger partial charge >= 0.3 is 0 Å². The average Bonchev–Trinajstić information content (AvgIpc) is 2.41. The van der Waals surface area contributed by atoms with E-state index in [4.69, 9.17) is 10.6 Å². The van der Waals surface area contributed by atoms with E-state index in [1.807, 2.05) is 6.07 Å². The first-order valence-electron chi connectivity index (χ1n) is 6.75. The van der Waals surface area contributed by atoms with Crippen LogP contribution in [-0.2, 0) is 10.2 Å². The quantitative estimate of drug-likeness (QED) is 0.634. The molecule has 18 heavy (non-hydrogen) atoms. The maximum absolute atomic E-state index is 5.82. The Hall–Kier alpha value is -0.900. The Morgan fingerprint density at radius 2 is 2.06 bits per heavy atom. The second kappa shape index (κ2) is 5.83. The molecule has 1 aliphatic rings. The lowest BCUT2D eigenvalue weighted by Crippen LogP contribution is -2.54. The molecule has 0 aromatic heterocycles. The predicted molar refractivity (Wildman–Crippen MR) is 74.1 cm³/mol. The van der Waals surface area contributed by atoms with Crippen LogP contribution in [0.2, 0.25) is 0 Å². The van der Waals surface area contributed by atoms with Crippen molar-refractivity contribution in [2.45, 2.75) is 38.1 Å². The van der Waals surface area contributed by atoms with Crippen molar-refractivity contribution < 1.29 is 4.74 Å². The Bertz CT molecular complexity index is 358. The van der Waals surface area contributed by atoms with Gasteiger partial charge in [0.05, 0.1) is 6.61 Å². The van der Waals surface area contributed by atoms with Gasteiger partial charge in [-0.2, -0.15) is 0 Å². The topological polar surface area (TPSA) is 47.3 Å². The van der Waals surface area contributed by atoms with E-state index < -0.39 is 0 Å². The van der Waals surface area contributed by atoms with Crippen LogP contribution in [-0.4, -0.2) is 19.3 Å². The van der Waals surface area contributed by atoms with E-state index in [1.54, 1.807) is 0 Å². The van der Waals surface area contributed by atoms with Crippen LogP contribution >= 0.6 is 0 Å². The summed E-state index contributed by atoms with van der Waals surface area (Å²) in [6.45, 7) is 6.20. The number of hydrogen-bond donors (Lipinski definition) is 2. The summed E-state index contributed by atoms with van der Waals surface area (Å²) in [6, 6.07) is 10.8. The Kier molecular flexibility index (Phi) is 4.38. The zero-order valence-corrected chi connectivity index (χ0v) is 11.4. The molecule has 0 radical (unpaired) electrons. The number of benzene rings is 1. The first-order chi connectivity index (χ1) is 8.66. The van der Waals surface area contributed by atoms with Gasteiger partial charge in [0.1, 0.15) is 0 Å². The summed E-state index contributed by atoms with van der Waals surface area (Å²) >= 11 is 0. The van der Waals surface area contributed by atoms with Gasteiger partial charge in [-0.15, -0.1) is 0 Å².